The van der Waals surface area contributed by atoms with Crippen LogP contribution in [0, 0.1) is 17.6 Å². The van der Waals surface area contributed by atoms with Gasteiger partial charge in [0.1, 0.15) is 30.4 Å². The van der Waals surface area contributed by atoms with Crippen LogP contribution in [0.4, 0.5) is 54.5 Å². The first-order valence-corrected chi connectivity index (χ1v) is 29.1. The third-order valence-corrected chi connectivity index (χ3v) is 18.8. The Morgan fingerprint density at radius 1 is 0.872 bits per heavy atom. The van der Waals surface area contributed by atoms with E-state index in [0.29, 0.717) is 29.8 Å². The van der Waals surface area contributed by atoms with E-state index >= 15 is 8.78 Å². The number of amides is 3. The third-order valence-electron chi connectivity index (χ3n) is 15.3. The average Bonchev–Trinajstić information content (AvgIpc) is 4.06. The zero-order chi connectivity index (χ0) is 56.8. The van der Waals surface area contributed by atoms with Crippen LogP contribution in [-0.4, -0.2) is 119 Å². The van der Waals surface area contributed by atoms with Gasteiger partial charge in [-0.2, -0.15) is 49.6 Å². The number of hydrogen-bond donors (Lipinski definition) is 1. The number of urea groups is 1. The first-order chi connectivity index (χ1) is 36.2. The Labute approximate surface area is 447 Å². The van der Waals surface area contributed by atoms with Crippen molar-refractivity contribution in [3.05, 3.63) is 93.0 Å². The summed E-state index contributed by atoms with van der Waals surface area (Å²) < 4.78 is 201. The van der Waals surface area contributed by atoms with Crippen molar-refractivity contribution in [1.82, 2.24) is 39.7 Å². The van der Waals surface area contributed by atoms with Crippen molar-refractivity contribution in [2.24, 2.45) is 5.92 Å². The predicted molar refractivity (Wildman–Crippen MR) is 267 cm³/mol. The van der Waals surface area contributed by atoms with Gasteiger partial charge in [0.25, 0.3) is 5.92 Å². The van der Waals surface area contributed by atoms with Crippen LogP contribution < -0.4 is 9.62 Å². The second kappa shape index (κ2) is 20.5. The predicted octanol–water partition coefficient (Wildman–Crippen LogP) is 9.71. The molecule has 2 aromatic carbocycles. The molecule has 2 saturated heterocycles. The third kappa shape index (κ3) is 11.4. The molecule has 78 heavy (non-hydrogen) atoms. The van der Waals surface area contributed by atoms with Gasteiger partial charge in [0.2, 0.25) is 15.9 Å². The molecule has 28 heteroatoms. The van der Waals surface area contributed by atoms with Gasteiger partial charge < -0.3 is 15.1 Å². The number of fused-ring (bicyclic) bond motifs is 4. The lowest BCUT2D eigenvalue weighted by atomic mass is 9.93. The van der Waals surface area contributed by atoms with Crippen molar-refractivity contribution in [3.8, 4) is 11.1 Å². The zero-order valence-electron chi connectivity index (χ0n) is 42.5. The molecule has 3 fully saturated rings. The molecule has 1 saturated carbocycles. The number of pyridine rings is 1. The number of likely N-dealkylation sites (tertiary alicyclic amines) is 2. The van der Waals surface area contributed by atoms with Gasteiger partial charge in [0, 0.05) is 59.8 Å². The number of benzene rings is 2. The normalized spacial score (nSPS) is 19.7. The van der Waals surface area contributed by atoms with Gasteiger partial charge in [-0.1, -0.05) is 30.2 Å². The van der Waals surface area contributed by atoms with E-state index in [1.165, 1.54) is 43.0 Å². The lowest BCUT2D eigenvalue weighted by molar-refractivity contribution is -0.143. The van der Waals surface area contributed by atoms with Crippen molar-refractivity contribution in [3.63, 3.8) is 0 Å². The number of carbonyl (C=O) groups is 2. The Morgan fingerprint density at radius 2 is 1.51 bits per heavy atom. The molecule has 424 valence electrons. The Bertz CT molecular complexity index is 3390. The highest BCUT2D eigenvalue weighted by atomic mass is 35.5. The van der Waals surface area contributed by atoms with E-state index in [9.17, 15) is 61.5 Å². The molecule has 5 aromatic rings. The number of aromatic nitrogens is 5. The number of sulfonamides is 1. The molecule has 5 heterocycles. The number of nitrogens with zero attached hydrogens (tertiary/aromatic N) is 8. The molecule has 15 nitrogen and oxygen atoms in total. The molecule has 0 bridgehead atoms. The summed E-state index contributed by atoms with van der Waals surface area (Å²) in [7, 11) is -8.46. The van der Waals surface area contributed by atoms with E-state index in [0.717, 1.165) is 50.7 Å². The van der Waals surface area contributed by atoms with Crippen LogP contribution in [0.2, 0.25) is 5.02 Å². The molecule has 3 atom stereocenters. The standard InChI is InChI=1S/C50H54ClF10N9O6S2/c1-47(2,77(3,73)74)15-12-30-8-9-32(41(62-30)37(22-27-20-28(52)23-29(53)21-27)63-38(71)25-68-44-39(43(64-68)50(59,60)61)34-24-35(34)49(44,57)58)33-10-11-36(51)40-42(33)69(26-48(54,55)56)65-45(40)70(78(4,75)76)46(72)67-18-13-31(14-19-67)66-16-6-5-7-17-66/h8-11,20-21,23,31,34-35,37H,5-7,12-19,22,24-26H2,1-4H3,(H,63,71)/t34-,35+,37-/m0/s1. The Morgan fingerprint density at radius 3 is 2.12 bits per heavy atom. The number of piperidine rings is 2. The number of aryl methyl sites for hydroxylation is 1. The topological polar surface area (TPSA) is 173 Å². The summed E-state index contributed by atoms with van der Waals surface area (Å²) in [5, 5.41) is 9.24. The zero-order valence-corrected chi connectivity index (χ0v) is 44.8. The Kier molecular flexibility index (Phi) is 15.0. The maximum Gasteiger partial charge on any atom is 0.435 e. The minimum atomic E-state index is -5.20. The summed E-state index contributed by atoms with van der Waals surface area (Å²) >= 11 is 6.82. The number of nitrogens with one attached hydrogen (secondary N) is 1. The van der Waals surface area contributed by atoms with Gasteiger partial charge in [-0.15, -0.1) is 0 Å². The number of rotatable bonds is 15. The maximum atomic E-state index is 15.7. The van der Waals surface area contributed by atoms with Gasteiger partial charge >= 0.3 is 18.4 Å². The van der Waals surface area contributed by atoms with Crippen LogP contribution in [0.1, 0.15) is 105 Å². The van der Waals surface area contributed by atoms with E-state index in [4.69, 9.17) is 16.6 Å². The molecular formula is C50H54ClF10N9O6S2. The molecule has 3 amide bonds. The summed E-state index contributed by atoms with van der Waals surface area (Å²) in [5.41, 5.74) is -4.87. The maximum absolute atomic E-state index is 15.7. The van der Waals surface area contributed by atoms with E-state index in [-0.39, 0.29) is 80.5 Å². The first kappa shape index (κ1) is 57.2. The van der Waals surface area contributed by atoms with Crippen LogP contribution >= 0.6 is 11.6 Å². The molecule has 0 unspecified atom stereocenters. The SMILES string of the molecule is CC(C)(CCc1ccc(-c2ccc(Cl)c3c(N(C(=O)N4CCC(N5CCCCC5)CC4)S(C)(=O)=O)nn(CC(F)(F)F)c23)c([C@H](Cc2cc(F)cc(F)c2)NC(=O)Cn2nc(C(F)(F)F)c3c2C(F)(F)[C@@H]2C[C@H]32)n1)S(C)(=O)=O. The van der Waals surface area contributed by atoms with Gasteiger partial charge in [0.05, 0.1) is 38.7 Å². The van der Waals surface area contributed by atoms with Gasteiger partial charge in [-0.25, -0.2) is 30.4 Å². The fourth-order valence-electron chi connectivity index (χ4n) is 11.0. The van der Waals surface area contributed by atoms with E-state index in [2.05, 4.69) is 20.4 Å². The second-order valence-electron chi connectivity index (χ2n) is 21.2. The molecule has 1 N–H and O–H groups in total. The smallest absolute Gasteiger partial charge is 0.346 e. The largest absolute Gasteiger partial charge is 0.435 e. The average molecular weight is 1170 g/mol. The molecule has 4 aliphatic rings. The van der Waals surface area contributed by atoms with E-state index in [1.807, 2.05) is 0 Å². The summed E-state index contributed by atoms with van der Waals surface area (Å²) in [5.74, 6) is -10.8. The number of alkyl halides is 8. The van der Waals surface area contributed by atoms with E-state index in [1.54, 1.807) is 0 Å². The number of carbonyl (C=O) groups excluding carboxylic acids is 2. The van der Waals surface area contributed by atoms with Crippen molar-refractivity contribution < 1.29 is 70.3 Å². The van der Waals surface area contributed by atoms with Crippen molar-refractivity contribution in [2.45, 2.75) is 126 Å². The van der Waals surface area contributed by atoms with Crippen molar-refractivity contribution in [1.29, 1.82) is 0 Å². The molecule has 3 aromatic heterocycles. The summed E-state index contributed by atoms with van der Waals surface area (Å²) in [6.45, 7) is 1.60. The Hall–Kier alpha value is -5.54. The summed E-state index contributed by atoms with van der Waals surface area (Å²) in [6, 6.07) is 4.56. The second-order valence-corrected chi connectivity index (χ2v) is 26.1. The number of halogens is 11. The van der Waals surface area contributed by atoms with Gasteiger partial charge in [0.15, 0.2) is 21.3 Å². The fraction of sp³-hybridized carbons (Fsp3) is 0.540. The Balaban J connectivity index is 1.20. The van der Waals surface area contributed by atoms with Crippen LogP contribution in [-0.2, 0) is 62.7 Å². The molecule has 0 radical (unpaired) electrons. The molecule has 2 aliphatic carbocycles. The van der Waals surface area contributed by atoms with Crippen LogP contribution in [0.15, 0.2) is 42.5 Å². The molecule has 0 spiro atoms. The first-order valence-electron chi connectivity index (χ1n) is 25.0. The highest BCUT2D eigenvalue weighted by Crippen LogP contribution is 2.68. The van der Waals surface area contributed by atoms with Crippen LogP contribution in [0.5, 0.6) is 0 Å². The van der Waals surface area contributed by atoms with Crippen LogP contribution in [0.25, 0.3) is 22.0 Å². The summed E-state index contributed by atoms with van der Waals surface area (Å²) in [6.07, 6.45) is -5.71. The summed E-state index contributed by atoms with van der Waals surface area (Å²) in [4.78, 5) is 37.2. The fourth-order valence-corrected chi connectivity index (χ4v) is 12.6. The molecular weight excluding hydrogens is 1110 g/mol. The lowest BCUT2D eigenvalue weighted by Gasteiger charge is -2.40. The van der Waals surface area contributed by atoms with Crippen LogP contribution in [0.3, 0.4) is 0 Å². The lowest BCUT2D eigenvalue weighted by Crippen LogP contribution is -2.52. The van der Waals surface area contributed by atoms with Crippen molar-refractivity contribution >= 4 is 60.1 Å². The number of hydrogen-bond acceptors (Lipinski definition) is 10. The minimum absolute atomic E-state index is 0.0846. The number of sulfone groups is 1. The highest BCUT2D eigenvalue weighted by Gasteiger charge is 2.68. The highest BCUT2D eigenvalue weighted by molar-refractivity contribution is 7.93. The molecule has 2 aliphatic heterocycles. The van der Waals surface area contributed by atoms with Crippen molar-refractivity contribution in [2.75, 3.05) is 43.0 Å². The van der Waals surface area contributed by atoms with Gasteiger partial charge in [-0.3, -0.25) is 19.1 Å². The van der Waals surface area contributed by atoms with Gasteiger partial charge in [-0.05, 0) is 114 Å². The quantitative estimate of drug-likeness (QED) is 0.0995. The number of anilines is 1. The monoisotopic (exact) mass is 1170 g/mol. The van der Waals surface area contributed by atoms with E-state index < -0.39 is 138 Å². The molecule has 9 rings (SSSR count). The minimum Gasteiger partial charge on any atom is -0.346 e.